The number of nitrogens with one attached hydrogen (secondary N) is 1. The summed E-state index contributed by atoms with van der Waals surface area (Å²) in [6.45, 7) is 4.87. The summed E-state index contributed by atoms with van der Waals surface area (Å²) in [6.07, 6.45) is 1.17. The molecule has 128 valence electrons. The van der Waals surface area contributed by atoms with Gasteiger partial charge in [0.25, 0.3) is 5.91 Å². The Bertz CT molecular complexity index is 499. The summed E-state index contributed by atoms with van der Waals surface area (Å²) in [5.41, 5.74) is 2.02. The van der Waals surface area contributed by atoms with Gasteiger partial charge in [-0.3, -0.25) is 9.59 Å². The Kier molecular flexibility index (Phi) is 8.11. The summed E-state index contributed by atoms with van der Waals surface area (Å²) >= 11 is 0. The van der Waals surface area contributed by atoms with Gasteiger partial charge in [0.05, 0.1) is 6.10 Å². The van der Waals surface area contributed by atoms with Gasteiger partial charge in [-0.2, -0.15) is 0 Å². The van der Waals surface area contributed by atoms with E-state index in [1.54, 1.807) is 19.1 Å². The molecule has 0 aliphatic heterocycles. The molecular formula is C17H26N2O4. The summed E-state index contributed by atoms with van der Waals surface area (Å²) in [6, 6.07) is 5.87. The number of carbonyl (C=O) groups is 2. The first-order valence-electron chi connectivity index (χ1n) is 7.62. The van der Waals surface area contributed by atoms with Crippen molar-refractivity contribution in [1.29, 1.82) is 0 Å². The minimum absolute atomic E-state index is 0.00871. The van der Waals surface area contributed by atoms with Crippen LogP contribution in [0.4, 0.5) is 0 Å². The lowest BCUT2D eigenvalue weighted by atomic mass is 10.1. The first-order chi connectivity index (χ1) is 11.0. The molecule has 1 rings (SSSR count). The molecule has 0 saturated carbocycles. The average molecular weight is 322 g/mol. The number of carbonyl (C=O) groups excluding carboxylic acids is 2. The number of amides is 2. The summed E-state index contributed by atoms with van der Waals surface area (Å²) in [5, 5.41) is 2.59. The average Bonchev–Trinajstić information content (AvgIpc) is 2.53. The van der Waals surface area contributed by atoms with Crippen LogP contribution in [-0.4, -0.2) is 57.2 Å². The zero-order valence-electron chi connectivity index (χ0n) is 14.3. The van der Waals surface area contributed by atoms with E-state index in [0.717, 1.165) is 16.9 Å². The molecule has 23 heavy (non-hydrogen) atoms. The Hall–Kier alpha value is -2.08. The van der Waals surface area contributed by atoms with Crippen LogP contribution in [0.25, 0.3) is 0 Å². The molecule has 0 aliphatic rings. The first kappa shape index (κ1) is 19.0. The Morgan fingerprint density at radius 1 is 1.35 bits per heavy atom. The van der Waals surface area contributed by atoms with Gasteiger partial charge in [-0.1, -0.05) is 18.2 Å². The number of nitrogens with zero attached hydrogens (tertiary/aromatic N) is 1. The predicted octanol–water partition coefficient (Wildman–Crippen LogP) is 1.29. The lowest BCUT2D eigenvalue weighted by molar-refractivity contribution is -0.133. The molecule has 0 aliphatic carbocycles. The summed E-state index contributed by atoms with van der Waals surface area (Å²) in [4.78, 5) is 24.0. The molecular weight excluding hydrogens is 296 g/mol. The minimum Gasteiger partial charge on any atom is -0.483 e. The maximum absolute atomic E-state index is 12.2. The van der Waals surface area contributed by atoms with Crippen LogP contribution in [0.2, 0.25) is 0 Å². The van der Waals surface area contributed by atoms with Crippen LogP contribution >= 0.6 is 0 Å². The fourth-order valence-corrected chi connectivity index (χ4v) is 2.27. The second-order valence-electron chi connectivity index (χ2n) is 5.50. The van der Waals surface area contributed by atoms with Crippen molar-refractivity contribution in [2.24, 2.45) is 0 Å². The standard InChI is InChI=1S/C17H26N2O4/c1-13-6-5-7-14(2)17(13)23-11-16(21)19(3)10-15(22-4)8-9-18-12-20/h5-7,12,15H,8-11H2,1-4H3,(H,18,20). The van der Waals surface area contributed by atoms with Gasteiger partial charge >= 0.3 is 0 Å². The number of likely N-dealkylation sites (N-methyl/N-ethyl adjacent to an activating group) is 1. The van der Waals surface area contributed by atoms with Crippen molar-refractivity contribution < 1.29 is 19.1 Å². The smallest absolute Gasteiger partial charge is 0.260 e. The molecule has 0 fully saturated rings. The van der Waals surface area contributed by atoms with E-state index in [1.165, 1.54) is 0 Å². The van der Waals surface area contributed by atoms with E-state index in [-0.39, 0.29) is 18.6 Å². The van der Waals surface area contributed by atoms with Gasteiger partial charge in [0, 0.05) is 27.2 Å². The number of hydrogen-bond donors (Lipinski definition) is 1. The summed E-state index contributed by atoms with van der Waals surface area (Å²) in [7, 11) is 3.31. The molecule has 1 atom stereocenters. The lowest BCUT2D eigenvalue weighted by Gasteiger charge is -2.23. The van der Waals surface area contributed by atoms with E-state index in [4.69, 9.17) is 9.47 Å². The van der Waals surface area contributed by atoms with Crippen molar-refractivity contribution in [2.45, 2.75) is 26.4 Å². The molecule has 6 nitrogen and oxygen atoms in total. The molecule has 1 unspecified atom stereocenters. The highest BCUT2D eigenvalue weighted by molar-refractivity contribution is 5.77. The largest absolute Gasteiger partial charge is 0.483 e. The molecule has 1 aromatic carbocycles. The van der Waals surface area contributed by atoms with E-state index in [9.17, 15) is 9.59 Å². The van der Waals surface area contributed by atoms with E-state index in [1.807, 2.05) is 32.0 Å². The Labute approximate surface area is 137 Å². The van der Waals surface area contributed by atoms with E-state index in [0.29, 0.717) is 25.9 Å². The predicted molar refractivity (Wildman–Crippen MR) is 88.5 cm³/mol. The number of ether oxygens (including phenoxy) is 2. The molecule has 0 heterocycles. The Morgan fingerprint density at radius 3 is 2.57 bits per heavy atom. The molecule has 1 aromatic rings. The maximum Gasteiger partial charge on any atom is 0.260 e. The zero-order valence-corrected chi connectivity index (χ0v) is 14.3. The van der Waals surface area contributed by atoms with Gasteiger partial charge in [-0.05, 0) is 31.4 Å². The van der Waals surface area contributed by atoms with E-state index in [2.05, 4.69) is 5.32 Å². The van der Waals surface area contributed by atoms with Crippen LogP contribution in [0.1, 0.15) is 17.5 Å². The van der Waals surface area contributed by atoms with Crippen molar-refractivity contribution in [2.75, 3.05) is 33.9 Å². The number of benzene rings is 1. The molecule has 0 saturated heterocycles. The Balaban J connectivity index is 2.48. The van der Waals surface area contributed by atoms with Crippen LogP contribution < -0.4 is 10.1 Å². The number of methoxy groups -OCH3 is 1. The highest BCUT2D eigenvalue weighted by Gasteiger charge is 2.16. The quantitative estimate of drug-likeness (QED) is 0.521. The minimum atomic E-state index is -0.128. The number of hydrogen-bond acceptors (Lipinski definition) is 4. The van der Waals surface area contributed by atoms with Gasteiger partial charge in [0.15, 0.2) is 6.61 Å². The van der Waals surface area contributed by atoms with Crippen LogP contribution in [0.5, 0.6) is 5.75 Å². The third-order valence-corrected chi connectivity index (χ3v) is 3.68. The summed E-state index contributed by atoms with van der Waals surface area (Å²) in [5.74, 6) is 0.644. The van der Waals surface area contributed by atoms with Crippen molar-refractivity contribution in [1.82, 2.24) is 10.2 Å². The molecule has 0 spiro atoms. The number of para-hydroxylation sites is 1. The molecule has 0 aromatic heterocycles. The van der Waals surface area contributed by atoms with Crippen LogP contribution in [0.3, 0.4) is 0 Å². The molecule has 0 bridgehead atoms. The number of aryl methyl sites for hydroxylation is 2. The topological polar surface area (TPSA) is 67.9 Å². The SMILES string of the molecule is COC(CCNC=O)CN(C)C(=O)COc1c(C)cccc1C. The van der Waals surface area contributed by atoms with Crippen LogP contribution in [0.15, 0.2) is 18.2 Å². The fraction of sp³-hybridized carbons (Fsp3) is 0.529. The van der Waals surface area contributed by atoms with Gasteiger partial charge in [-0.15, -0.1) is 0 Å². The van der Waals surface area contributed by atoms with Gasteiger partial charge in [0.2, 0.25) is 6.41 Å². The fourth-order valence-electron chi connectivity index (χ4n) is 2.27. The third kappa shape index (κ3) is 6.28. The van der Waals surface area contributed by atoms with Crippen molar-refractivity contribution in [3.8, 4) is 5.75 Å². The van der Waals surface area contributed by atoms with Crippen LogP contribution in [0, 0.1) is 13.8 Å². The molecule has 2 amide bonds. The highest BCUT2D eigenvalue weighted by Crippen LogP contribution is 2.22. The highest BCUT2D eigenvalue weighted by atomic mass is 16.5. The third-order valence-electron chi connectivity index (χ3n) is 3.68. The monoisotopic (exact) mass is 322 g/mol. The Morgan fingerprint density at radius 2 is 2.00 bits per heavy atom. The molecule has 1 N–H and O–H groups in total. The van der Waals surface area contributed by atoms with E-state index >= 15 is 0 Å². The van der Waals surface area contributed by atoms with Crippen molar-refractivity contribution in [3.63, 3.8) is 0 Å². The number of rotatable bonds is 10. The first-order valence-corrected chi connectivity index (χ1v) is 7.62. The second kappa shape index (κ2) is 9.84. The van der Waals surface area contributed by atoms with E-state index < -0.39 is 0 Å². The van der Waals surface area contributed by atoms with Crippen LogP contribution in [-0.2, 0) is 14.3 Å². The lowest BCUT2D eigenvalue weighted by Crippen LogP contribution is -2.39. The van der Waals surface area contributed by atoms with Gasteiger partial charge < -0.3 is 19.7 Å². The van der Waals surface area contributed by atoms with Crippen molar-refractivity contribution >= 4 is 12.3 Å². The van der Waals surface area contributed by atoms with Gasteiger partial charge in [-0.25, -0.2) is 0 Å². The second-order valence-corrected chi connectivity index (χ2v) is 5.50. The van der Waals surface area contributed by atoms with Gasteiger partial charge in [0.1, 0.15) is 5.75 Å². The normalized spacial score (nSPS) is 11.7. The zero-order chi connectivity index (χ0) is 17.2. The molecule has 6 heteroatoms. The summed E-state index contributed by atoms with van der Waals surface area (Å²) < 4.78 is 11.0. The maximum atomic E-state index is 12.2. The van der Waals surface area contributed by atoms with Crippen molar-refractivity contribution in [3.05, 3.63) is 29.3 Å². The molecule has 0 radical (unpaired) electrons.